The SMILES string of the molecule is C#CCOc1cc(CNC(=O)c2csc(I)c2)ccc1OC. The molecule has 2 aromatic rings. The van der Waals surface area contributed by atoms with Gasteiger partial charge in [-0.2, -0.15) is 0 Å². The van der Waals surface area contributed by atoms with Crippen LogP contribution in [0.25, 0.3) is 0 Å². The maximum Gasteiger partial charge on any atom is 0.252 e. The van der Waals surface area contributed by atoms with E-state index in [2.05, 4.69) is 33.8 Å². The number of benzene rings is 1. The van der Waals surface area contributed by atoms with Gasteiger partial charge in [-0.25, -0.2) is 0 Å². The normalized spacial score (nSPS) is 9.86. The summed E-state index contributed by atoms with van der Waals surface area (Å²) in [6.45, 7) is 0.571. The molecule has 1 N–H and O–H groups in total. The van der Waals surface area contributed by atoms with Gasteiger partial charge in [-0.1, -0.05) is 12.0 Å². The Bertz CT molecular complexity index is 706. The van der Waals surface area contributed by atoms with Crippen LogP contribution < -0.4 is 14.8 Å². The van der Waals surface area contributed by atoms with E-state index in [1.165, 1.54) is 0 Å². The van der Waals surface area contributed by atoms with Crippen molar-refractivity contribution in [2.24, 2.45) is 0 Å². The van der Waals surface area contributed by atoms with Crippen molar-refractivity contribution in [3.63, 3.8) is 0 Å². The maximum atomic E-state index is 12.0. The minimum absolute atomic E-state index is 0.0962. The van der Waals surface area contributed by atoms with Gasteiger partial charge in [-0.05, 0) is 46.4 Å². The lowest BCUT2D eigenvalue weighted by molar-refractivity contribution is 0.0951. The van der Waals surface area contributed by atoms with Crippen LogP contribution in [0.1, 0.15) is 15.9 Å². The Morgan fingerprint density at radius 3 is 2.86 bits per heavy atom. The first kappa shape index (κ1) is 16.6. The first-order valence-electron chi connectivity index (χ1n) is 6.39. The van der Waals surface area contributed by atoms with E-state index in [4.69, 9.17) is 15.9 Å². The average Bonchev–Trinajstić information content (AvgIpc) is 2.97. The maximum absolute atomic E-state index is 12.0. The molecule has 114 valence electrons. The number of hydrogen-bond acceptors (Lipinski definition) is 4. The molecule has 0 spiro atoms. The zero-order valence-electron chi connectivity index (χ0n) is 11.9. The van der Waals surface area contributed by atoms with Gasteiger partial charge in [0.25, 0.3) is 5.91 Å². The number of rotatable bonds is 6. The molecule has 2 rings (SSSR count). The highest BCUT2D eigenvalue weighted by Gasteiger charge is 2.09. The standard InChI is InChI=1S/C16H14INO3S/c1-3-6-21-14-7-11(4-5-13(14)20-2)9-18-16(19)12-8-15(17)22-10-12/h1,4-5,7-8,10H,6,9H2,2H3,(H,18,19). The number of hydrogen-bond donors (Lipinski definition) is 1. The lowest BCUT2D eigenvalue weighted by Crippen LogP contribution is -2.22. The predicted molar refractivity (Wildman–Crippen MR) is 95.5 cm³/mol. The number of carbonyl (C=O) groups excluding carboxylic acids is 1. The van der Waals surface area contributed by atoms with Gasteiger partial charge in [-0.3, -0.25) is 4.79 Å². The number of terminal acetylenes is 1. The van der Waals surface area contributed by atoms with Gasteiger partial charge in [0, 0.05) is 11.9 Å². The van der Waals surface area contributed by atoms with Crippen LogP contribution in [-0.2, 0) is 6.54 Å². The first-order valence-corrected chi connectivity index (χ1v) is 8.35. The summed E-state index contributed by atoms with van der Waals surface area (Å²) in [6.07, 6.45) is 5.20. The molecule has 0 atom stereocenters. The van der Waals surface area contributed by atoms with Crippen molar-refractivity contribution in [1.82, 2.24) is 5.32 Å². The van der Waals surface area contributed by atoms with Crippen molar-refractivity contribution in [2.45, 2.75) is 6.54 Å². The topological polar surface area (TPSA) is 47.6 Å². The van der Waals surface area contributed by atoms with E-state index < -0.39 is 0 Å². The minimum atomic E-state index is -0.0962. The largest absolute Gasteiger partial charge is 0.493 e. The Morgan fingerprint density at radius 1 is 1.41 bits per heavy atom. The molecule has 0 aliphatic carbocycles. The van der Waals surface area contributed by atoms with Crippen LogP contribution >= 0.6 is 33.9 Å². The zero-order chi connectivity index (χ0) is 15.9. The number of ether oxygens (including phenoxy) is 2. The van der Waals surface area contributed by atoms with E-state index >= 15 is 0 Å². The third-order valence-electron chi connectivity index (χ3n) is 2.82. The summed E-state index contributed by atoms with van der Waals surface area (Å²) in [6, 6.07) is 7.34. The van der Waals surface area contributed by atoms with Crippen molar-refractivity contribution >= 4 is 39.8 Å². The lowest BCUT2D eigenvalue weighted by Gasteiger charge is -2.11. The molecule has 0 radical (unpaired) electrons. The molecule has 0 bridgehead atoms. The van der Waals surface area contributed by atoms with Gasteiger partial charge in [0.2, 0.25) is 0 Å². The molecule has 1 aromatic heterocycles. The quantitative estimate of drug-likeness (QED) is 0.569. The molecule has 0 saturated heterocycles. The monoisotopic (exact) mass is 427 g/mol. The van der Waals surface area contributed by atoms with Gasteiger partial charge in [0.15, 0.2) is 11.5 Å². The summed E-state index contributed by atoms with van der Waals surface area (Å²) in [4.78, 5) is 12.0. The summed E-state index contributed by atoms with van der Waals surface area (Å²) in [7, 11) is 1.57. The van der Waals surface area contributed by atoms with Crippen LogP contribution in [0.2, 0.25) is 0 Å². The second-order valence-corrected chi connectivity index (χ2v) is 7.11. The Labute approximate surface area is 147 Å². The predicted octanol–water partition coefficient (Wildman–Crippen LogP) is 3.30. The molecule has 1 amide bonds. The van der Waals surface area contributed by atoms with Gasteiger partial charge in [0.1, 0.15) is 6.61 Å². The van der Waals surface area contributed by atoms with Crippen LogP contribution in [0.4, 0.5) is 0 Å². The molecule has 0 saturated carbocycles. The number of nitrogens with one attached hydrogen (secondary N) is 1. The molecular formula is C16H14INO3S. The highest BCUT2D eigenvalue weighted by molar-refractivity contribution is 14.1. The fraction of sp³-hybridized carbons (Fsp3) is 0.188. The Hall–Kier alpha value is -1.72. The molecule has 6 heteroatoms. The van der Waals surface area contributed by atoms with Crippen LogP contribution in [0, 0.1) is 15.2 Å². The molecule has 1 heterocycles. The van der Waals surface area contributed by atoms with Crippen molar-refractivity contribution in [1.29, 1.82) is 0 Å². The summed E-state index contributed by atoms with van der Waals surface area (Å²) in [5.41, 5.74) is 1.58. The molecule has 4 nitrogen and oxygen atoms in total. The smallest absolute Gasteiger partial charge is 0.252 e. The van der Waals surface area contributed by atoms with Crippen molar-refractivity contribution in [3.8, 4) is 23.8 Å². The second-order valence-electron chi connectivity index (χ2n) is 4.30. The lowest BCUT2D eigenvalue weighted by atomic mass is 10.2. The van der Waals surface area contributed by atoms with E-state index in [-0.39, 0.29) is 12.5 Å². The number of amides is 1. The van der Waals surface area contributed by atoms with E-state index in [0.29, 0.717) is 23.6 Å². The fourth-order valence-corrected chi connectivity index (χ4v) is 3.10. The third-order valence-corrected chi connectivity index (χ3v) is 4.61. The molecule has 0 fully saturated rings. The molecule has 22 heavy (non-hydrogen) atoms. The van der Waals surface area contributed by atoms with Crippen LogP contribution in [0.15, 0.2) is 29.6 Å². The van der Waals surface area contributed by atoms with Gasteiger partial charge in [-0.15, -0.1) is 17.8 Å². The molecule has 1 aromatic carbocycles. The van der Waals surface area contributed by atoms with E-state index in [1.54, 1.807) is 24.5 Å². The number of carbonyl (C=O) groups is 1. The zero-order valence-corrected chi connectivity index (χ0v) is 14.9. The Kier molecular flexibility index (Phi) is 6.10. The molecular weight excluding hydrogens is 413 g/mol. The van der Waals surface area contributed by atoms with Crippen LogP contribution in [0.3, 0.4) is 0 Å². The van der Waals surface area contributed by atoms with Gasteiger partial charge in [0.05, 0.1) is 15.6 Å². The first-order chi connectivity index (χ1) is 10.6. The van der Waals surface area contributed by atoms with E-state index in [1.807, 2.05) is 23.6 Å². The van der Waals surface area contributed by atoms with Crippen LogP contribution in [-0.4, -0.2) is 19.6 Å². The van der Waals surface area contributed by atoms with Crippen molar-refractivity contribution < 1.29 is 14.3 Å². The molecule has 0 aliphatic rings. The van der Waals surface area contributed by atoms with E-state index in [9.17, 15) is 4.79 Å². The van der Waals surface area contributed by atoms with E-state index in [0.717, 1.165) is 8.45 Å². The summed E-state index contributed by atoms with van der Waals surface area (Å²) >= 11 is 3.73. The number of methoxy groups -OCH3 is 1. The second kappa shape index (κ2) is 8.06. The number of thiophene rings is 1. The Balaban J connectivity index is 2.03. The van der Waals surface area contributed by atoms with Crippen LogP contribution in [0.5, 0.6) is 11.5 Å². The minimum Gasteiger partial charge on any atom is -0.493 e. The van der Waals surface area contributed by atoms with Gasteiger partial charge >= 0.3 is 0 Å². The fourth-order valence-electron chi connectivity index (χ4n) is 1.78. The third kappa shape index (κ3) is 4.39. The summed E-state index contributed by atoms with van der Waals surface area (Å²) in [5.74, 6) is 3.49. The highest BCUT2D eigenvalue weighted by atomic mass is 127. The highest BCUT2D eigenvalue weighted by Crippen LogP contribution is 2.28. The Morgan fingerprint density at radius 2 is 2.23 bits per heavy atom. The van der Waals surface area contributed by atoms with Crippen molar-refractivity contribution in [2.75, 3.05) is 13.7 Å². The average molecular weight is 427 g/mol. The molecule has 0 unspecified atom stereocenters. The molecule has 0 aliphatic heterocycles. The van der Waals surface area contributed by atoms with Crippen molar-refractivity contribution in [3.05, 3.63) is 43.7 Å². The van der Waals surface area contributed by atoms with Gasteiger partial charge < -0.3 is 14.8 Å². The summed E-state index contributed by atoms with van der Waals surface area (Å²) < 4.78 is 11.7. The summed E-state index contributed by atoms with van der Waals surface area (Å²) in [5, 5.41) is 4.72. The number of halogens is 1.